The van der Waals surface area contributed by atoms with Crippen LogP contribution in [0.3, 0.4) is 0 Å². The number of hydrogen-bond donors (Lipinski definition) is 3. The number of rotatable bonds is 5. The van der Waals surface area contributed by atoms with Crippen molar-refractivity contribution in [3.05, 3.63) is 0 Å². The fourth-order valence-electron chi connectivity index (χ4n) is 3.04. The van der Waals surface area contributed by atoms with E-state index in [0.29, 0.717) is 32.0 Å². The van der Waals surface area contributed by atoms with Gasteiger partial charge in [-0.15, -0.1) is 0 Å². The number of nitrogens with one attached hydrogen (secondary N) is 1. The molecule has 0 bridgehead atoms. The van der Waals surface area contributed by atoms with Crippen LogP contribution >= 0.6 is 0 Å². The first-order chi connectivity index (χ1) is 8.69. The maximum absolute atomic E-state index is 11.8. The SMILES string of the molecule is O=C(CCN1C[C@@H](O)C[C@H]1CO)NC1CCCC1. The van der Waals surface area contributed by atoms with E-state index in [9.17, 15) is 15.0 Å². The molecule has 104 valence electrons. The second kappa shape index (κ2) is 6.50. The van der Waals surface area contributed by atoms with Gasteiger partial charge in [0.1, 0.15) is 0 Å². The Balaban J connectivity index is 1.68. The largest absolute Gasteiger partial charge is 0.395 e. The fraction of sp³-hybridized carbons (Fsp3) is 0.923. The molecule has 0 radical (unpaired) electrons. The number of aliphatic hydroxyl groups is 2. The molecule has 1 saturated carbocycles. The second-order valence-corrected chi connectivity index (χ2v) is 5.52. The van der Waals surface area contributed by atoms with Crippen molar-refractivity contribution in [1.29, 1.82) is 0 Å². The molecule has 3 N–H and O–H groups in total. The Labute approximate surface area is 108 Å². The van der Waals surface area contributed by atoms with Crippen molar-refractivity contribution in [2.75, 3.05) is 19.7 Å². The maximum atomic E-state index is 11.8. The molecular weight excluding hydrogens is 232 g/mol. The first-order valence-corrected chi connectivity index (χ1v) is 7.01. The van der Waals surface area contributed by atoms with Gasteiger partial charge in [0.2, 0.25) is 5.91 Å². The Morgan fingerprint density at radius 2 is 2.06 bits per heavy atom. The Kier molecular flexibility index (Phi) is 4.97. The average molecular weight is 256 g/mol. The molecule has 0 aromatic heterocycles. The monoisotopic (exact) mass is 256 g/mol. The predicted molar refractivity (Wildman–Crippen MR) is 68.1 cm³/mol. The maximum Gasteiger partial charge on any atom is 0.221 e. The third-order valence-electron chi connectivity index (χ3n) is 4.06. The van der Waals surface area contributed by atoms with E-state index in [1.807, 2.05) is 4.90 Å². The second-order valence-electron chi connectivity index (χ2n) is 5.52. The highest BCUT2D eigenvalue weighted by Crippen LogP contribution is 2.19. The van der Waals surface area contributed by atoms with Crippen molar-refractivity contribution < 1.29 is 15.0 Å². The van der Waals surface area contributed by atoms with Gasteiger partial charge in [0.25, 0.3) is 0 Å². The topological polar surface area (TPSA) is 72.8 Å². The number of aliphatic hydroxyl groups excluding tert-OH is 2. The Bertz CT molecular complexity index is 279. The number of carbonyl (C=O) groups excluding carboxylic acids is 1. The highest BCUT2D eigenvalue weighted by molar-refractivity contribution is 5.76. The Hall–Kier alpha value is -0.650. The van der Waals surface area contributed by atoms with Crippen LogP contribution < -0.4 is 5.32 Å². The number of amides is 1. The summed E-state index contributed by atoms with van der Waals surface area (Å²) in [6.45, 7) is 1.25. The van der Waals surface area contributed by atoms with E-state index in [1.54, 1.807) is 0 Å². The first-order valence-electron chi connectivity index (χ1n) is 7.01. The summed E-state index contributed by atoms with van der Waals surface area (Å²) in [5.41, 5.74) is 0. The molecule has 5 nitrogen and oxygen atoms in total. The summed E-state index contributed by atoms with van der Waals surface area (Å²) in [6.07, 6.45) is 5.35. The summed E-state index contributed by atoms with van der Waals surface area (Å²) in [6, 6.07) is 0.384. The zero-order valence-corrected chi connectivity index (χ0v) is 10.8. The normalized spacial score (nSPS) is 29.9. The number of nitrogens with zero attached hydrogens (tertiary/aromatic N) is 1. The lowest BCUT2D eigenvalue weighted by atomic mass is 10.2. The lowest BCUT2D eigenvalue weighted by Gasteiger charge is -2.22. The van der Waals surface area contributed by atoms with Gasteiger partial charge in [-0.1, -0.05) is 12.8 Å². The van der Waals surface area contributed by atoms with Gasteiger partial charge in [-0.2, -0.15) is 0 Å². The van der Waals surface area contributed by atoms with Crippen LogP contribution in [-0.4, -0.2) is 58.9 Å². The molecule has 18 heavy (non-hydrogen) atoms. The molecule has 2 fully saturated rings. The van der Waals surface area contributed by atoms with E-state index in [4.69, 9.17) is 0 Å². The van der Waals surface area contributed by atoms with Crippen molar-refractivity contribution in [2.24, 2.45) is 0 Å². The van der Waals surface area contributed by atoms with E-state index >= 15 is 0 Å². The van der Waals surface area contributed by atoms with Gasteiger partial charge in [0.15, 0.2) is 0 Å². The quantitative estimate of drug-likeness (QED) is 0.640. The summed E-state index contributed by atoms with van der Waals surface area (Å²) < 4.78 is 0. The molecule has 0 unspecified atom stereocenters. The highest BCUT2D eigenvalue weighted by atomic mass is 16.3. The van der Waals surface area contributed by atoms with Crippen LogP contribution in [0.2, 0.25) is 0 Å². The third kappa shape index (κ3) is 3.67. The van der Waals surface area contributed by atoms with E-state index in [0.717, 1.165) is 12.8 Å². The summed E-state index contributed by atoms with van der Waals surface area (Å²) in [5.74, 6) is 0.0972. The van der Waals surface area contributed by atoms with Crippen molar-refractivity contribution >= 4 is 5.91 Å². The van der Waals surface area contributed by atoms with Crippen LogP contribution in [0, 0.1) is 0 Å². The van der Waals surface area contributed by atoms with Crippen molar-refractivity contribution in [1.82, 2.24) is 10.2 Å². The van der Waals surface area contributed by atoms with Crippen molar-refractivity contribution in [3.63, 3.8) is 0 Å². The van der Waals surface area contributed by atoms with Gasteiger partial charge in [0, 0.05) is 31.6 Å². The minimum absolute atomic E-state index is 0.0132. The van der Waals surface area contributed by atoms with Crippen LogP contribution in [0.5, 0.6) is 0 Å². The number of β-amino-alcohol motifs (C(OH)–C–C–N with tert-alkyl or cyclic N) is 1. The first kappa shape index (κ1) is 13.8. The minimum atomic E-state index is -0.361. The van der Waals surface area contributed by atoms with Crippen molar-refractivity contribution in [3.8, 4) is 0 Å². The van der Waals surface area contributed by atoms with Gasteiger partial charge in [0.05, 0.1) is 12.7 Å². The summed E-state index contributed by atoms with van der Waals surface area (Å²) >= 11 is 0. The van der Waals surface area contributed by atoms with E-state index in [2.05, 4.69) is 5.32 Å². The lowest BCUT2D eigenvalue weighted by molar-refractivity contribution is -0.122. The van der Waals surface area contributed by atoms with Crippen molar-refractivity contribution in [2.45, 2.75) is 56.7 Å². The van der Waals surface area contributed by atoms with Gasteiger partial charge in [-0.05, 0) is 19.3 Å². The predicted octanol–water partition coefficient (Wildman–Crippen LogP) is -0.137. The van der Waals surface area contributed by atoms with Gasteiger partial charge < -0.3 is 15.5 Å². The average Bonchev–Trinajstić information content (AvgIpc) is 2.95. The number of hydrogen-bond acceptors (Lipinski definition) is 4. The molecule has 0 aromatic rings. The number of carbonyl (C=O) groups is 1. The van der Waals surface area contributed by atoms with Gasteiger partial charge in [-0.3, -0.25) is 9.69 Å². The molecular formula is C13H24N2O3. The van der Waals surface area contributed by atoms with Crippen LogP contribution in [-0.2, 0) is 4.79 Å². The molecule has 1 aliphatic heterocycles. The lowest BCUT2D eigenvalue weighted by Crippen LogP contribution is -2.38. The third-order valence-corrected chi connectivity index (χ3v) is 4.06. The van der Waals surface area contributed by atoms with Crippen LogP contribution in [0.15, 0.2) is 0 Å². The highest BCUT2D eigenvalue weighted by Gasteiger charge is 2.30. The Morgan fingerprint density at radius 3 is 2.72 bits per heavy atom. The van der Waals surface area contributed by atoms with Crippen LogP contribution in [0.1, 0.15) is 38.5 Å². The molecule has 2 atom stereocenters. The molecule has 2 rings (SSSR count). The fourth-order valence-corrected chi connectivity index (χ4v) is 3.04. The van der Waals surface area contributed by atoms with E-state index < -0.39 is 0 Å². The van der Waals surface area contributed by atoms with Crippen LogP contribution in [0.4, 0.5) is 0 Å². The molecule has 5 heteroatoms. The zero-order valence-electron chi connectivity index (χ0n) is 10.8. The summed E-state index contributed by atoms with van der Waals surface area (Å²) in [4.78, 5) is 13.8. The Morgan fingerprint density at radius 1 is 1.33 bits per heavy atom. The molecule has 1 aliphatic carbocycles. The zero-order chi connectivity index (χ0) is 13.0. The molecule has 1 heterocycles. The van der Waals surface area contributed by atoms with Crippen LogP contribution in [0.25, 0.3) is 0 Å². The van der Waals surface area contributed by atoms with Gasteiger partial charge >= 0.3 is 0 Å². The minimum Gasteiger partial charge on any atom is -0.395 e. The van der Waals surface area contributed by atoms with E-state index in [1.165, 1.54) is 12.8 Å². The smallest absolute Gasteiger partial charge is 0.221 e. The summed E-state index contributed by atoms with van der Waals surface area (Å²) in [7, 11) is 0. The molecule has 1 saturated heterocycles. The number of likely N-dealkylation sites (tertiary alicyclic amines) is 1. The molecule has 1 amide bonds. The van der Waals surface area contributed by atoms with Gasteiger partial charge in [-0.25, -0.2) is 0 Å². The molecule has 2 aliphatic rings. The molecule has 0 spiro atoms. The van der Waals surface area contributed by atoms with E-state index in [-0.39, 0.29) is 24.7 Å². The standard InChI is InChI=1S/C13H24N2O3/c16-9-11-7-12(17)8-15(11)6-5-13(18)14-10-3-1-2-4-10/h10-12,16-17H,1-9H2,(H,14,18)/t11-,12-/m0/s1. The molecule has 0 aromatic carbocycles. The summed E-state index contributed by atoms with van der Waals surface area (Å²) in [5, 5.41) is 21.8.